The summed E-state index contributed by atoms with van der Waals surface area (Å²) in [7, 11) is 0. The van der Waals surface area contributed by atoms with Gasteiger partial charge in [-0.15, -0.1) is 0 Å². The van der Waals surface area contributed by atoms with Gasteiger partial charge in [0.1, 0.15) is 0 Å². The summed E-state index contributed by atoms with van der Waals surface area (Å²) >= 11 is 0. The lowest BCUT2D eigenvalue weighted by molar-refractivity contribution is -0.115. The minimum absolute atomic E-state index is 0.0740. The number of hydrogen-bond acceptors (Lipinski definition) is 4. The van der Waals surface area contributed by atoms with Crippen LogP contribution in [0.15, 0.2) is 71.7 Å². The van der Waals surface area contributed by atoms with Crippen molar-refractivity contribution in [3.63, 3.8) is 0 Å². The molecule has 6 nitrogen and oxygen atoms in total. The maximum absolute atomic E-state index is 12.5. The number of nitrogens with zero attached hydrogens (tertiary/aromatic N) is 2. The first-order chi connectivity index (χ1) is 14.0. The molecule has 140 valence electrons. The fourth-order valence-corrected chi connectivity index (χ4v) is 3.29. The molecule has 0 aromatic heterocycles. The highest BCUT2D eigenvalue weighted by atomic mass is 16.4. The summed E-state index contributed by atoms with van der Waals surface area (Å²) in [4.78, 5) is 28.6. The fraction of sp³-hybridized carbons (Fsp3) is 0.0435. The van der Waals surface area contributed by atoms with E-state index in [9.17, 15) is 14.7 Å². The zero-order chi connectivity index (χ0) is 20.4. The molecular weight excluding hydrogens is 366 g/mol. The number of nitrogens with one attached hydrogen (secondary N) is 1. The Morgan fingerprint density at radius 3 is 2.66 bits per heavy atom. The zero-order valence-electron chi connectivity index (χ0n) is 15.2. The summed E-state index contributed by atoms with van der Waals surface area (Å²) in [5.74, 6) is -1.24. The standard InChI is InChI=1S/C23H15N3O3/c24-13-14-4-3-5-16(10-14)20-12-22(27)26-21-11-15(8-9-19(21)25-20)17-6-1-2-7-18(17)23(28)29/h1-11H,12H2,(H,26,27)(H,28,29). The maximum atomic E-state index is 12.5. The van der Waals surface area contributed by atoms with Crippen molar-refractivity contribution in [2.45, 2.75) is 6.42 Å². The smallest absolute Gasteiger partial charge is 0.336 e. The van der Waals surface area contributed by atoms with Crippen LogP contribution in [0.3, 0.4) is 0 Å². The normalized spacial score (nSPS) is 12.8. The second kappa shape index (κ2) is 7.41. The summed E-state index contributed by atoms with van der Waals surface area (Å²) in [6.07, 6.45) is 0.0740. The molecule has 1 amide bonds. The van der Waals surface area contributed by atoms with Gasteiger partial charge in [0.25, 0.3) is 0 Å². The summed E-state index contributed by atoms with van der Waals surface area (Å²) in [5, 5.41) is 21.4. The van der Waals surface area contributed by atoms with Crippen LogP contribution in [0.4, 0.5) is 11.4 Å². The molecule has 0 atom stereocenters. The van der Waals surface area contributed by atoms with Gasteiger partial charge in [0, 0.05) is 0 Å². The third-order valence-electron chi connectivity index (χ3n) is 4.65. The minimum atomic E-state index is -1.02. The fourth-order valence-electron chi connectivity index (χ4n) is 3.29. The summed E-state index contributed by atoms with van der Waals surface area (Å²) in [5.41, 5.74) is 4.29. The van der Waals surface area contributed by atoms with Crippen molar-refractivity contribution in [1.82, 2.24) is 0 Å². The molecule has 0 bridgehead atoms. The van der Waals surface area contributed by atoms with E-state index in [-0.39, 0.29) is 17.9 Å². The number of carbonyl (C=O) groups excluding carboxylic acids is 1. The number of carbonyl (C=O) groups is 2. The van der Waals surface area contributed by atoms with E-state index >= 15 is 0 Å². The van der Waals surface area contributed by atoms with Gasteiger partial charge in [-0.2, -0.15) is 5.26 Å². The number of aliphatic imine (C=N–C) groups is 1. The largest absolute Gasteiger partial charge is 0.478 e. The summed E-state index contributed by atoms with van der Waals surface area (Å²) in [6, 6.07) is 21.0. The van der Waals surface area contributed by atoms with E-state index in [1.165, 1.54) is 0 Å². The molecule has 0 unspecified atom stereocenters. The topological polar surface area (TPSA) is 103 Å². The molecule has 1 aliphatic rings. The lowest BCUT2D eigenvalue weighted by atomic mass is 9.99. The van der Waals surface area contributed by atoms with E-state index < -0.39 is 5.97 Å². The van der Waals surface area contributed by atoms with E-state index in [0.29, 0.717) is 39.3 Å². The Balaban J connectivity index is 1.80. The van der Waals surface area contributed by atoms with Gasteiger partial charge in [-0.3, -0.25) is 9.79 Å². The Morgan fingerprint density at radius 1 is 1.03 bits per heavy atom. The second-order valence-electron chi connectivity index (χ2n) is 6.56. The minimum Gasteiger partial charge on any atom is -0.478 e. The van der Waals surface area contributed by atoms with Crippen molar-refractivity contribution in [3.05, 3.63) is 83.4 Å². The number of hydrogen-bond donors (Lipinski definition) is 2. The third kappa shape index (κ3) is 3.62. The zero-order valence-corrected chi connectivity index (χ0v) is 15.2. The van der Waals surface area contributed by atoms with E-state index in [2.05, 4.69) is 16.4 Å². The molecule has 0 spiro atoms. The highest BCUT2D eigenvalue weighted by Gasteiger charge is 2.19. The van der Waals surface area contributed by atoms with Gasteiger partial charge in [0.05, 0.1) is 40.7 Å². The number of aromatic carboxylic acids is 1. The Kier molecular flexibility index (Phi) is 4.63. The molecule has 0 aliphatic carbocycles. The van der Waals surface area contributed by atoms with Crippen LogP contribution in [0.5, 0.6) is 0 Å². The van der Waals surface area contributed by atoms with Gasteiger partial charge in [-0.25, -0.2) is 4.79 Å². The van der Waals surface area contributed by atoms with Crippen LogP contribution >= 0.6 is 0 Å². The number of anilines is 1. The molecule has 0 radical (unpaired) electrons. The number of rotatable bonds is 3. The van der Waals surface area contributed by atoms with Crippen LogP contribution in [0.25, 0.3) is 11.1 Å². The predicted molar refractivity (Wildman–Crippen MR) is 109 cm³/mol. The van der Waals surface area contributed by atoms with Crippen molar-refractivity contribution < 1.29 is 14.7 Å². The van der Waals surface area contributed by atoms with Crippen LogP contribution in [-0.4, -0.2) is 22.7 Å². The first kappa shape index (κ1) is 18.1. The summed E-state index contributed by atoms with van der Waals surface area (Å²) in [6.45, 7) is 0. The van der Waals surface area contributed by atoms with Crippen LogP contribution in [-0.2, 0) is 4.79 Å². The molecule has 0 saturated carbocycles. The highest BCUT2D eigenvalue weighted by molar-refractivity contribution is 6.17. The Bertz CT molecular complexity index is 1220. The van der Waals surface area contributed by atoms with Crippen molar-refractivity contribution in [1.29, 1.82) is 5.26 Å². The van der Waals surface area contributed by atoms with Crippen LogP contribution in [0.1, 0.15) is 27.9 Å². The molecule has 1 aliphatic heterocycles. The molecule has 0 saturated heterocycles. The second-order valence-corrected chi connectivity index (χ2v) is 6.56. The number of benzene rings is 3. The first-order valence-electron chi connectivity index (χ1n) is 8.90. The van der Waals surface area contributed by atoms with Gasteiger partial charge in [0.2, 0.25) is 5.91 Å². The third-order valence-corrected chi connectivity index (χ3v) is 4.65. The number of carboxylic acids is 1. The SMILES string of the molecule is N#Cc1cccc(C2=Nc3ccc(-c4ccccc4C(=O)O)cc3NC(=O)C2)c1. The molecule has 1 heterocycles. The lowest BCUT2D eigenvalue weighted by Gasteiger charge is -2.10. The monoisotopic (exact) mass is 381 g/mol. The van der Waals surface area contributed by atoms with Crippen LogP contribution in [0.2, 0.25) is 0 Å². The van der Waals surface area contributed by atoms with E-state index in [1.807, 2.05) is 6.07 Å². The highest BCUT2D eigenvalue weighted by Crippen LogP contribution is 2.34. The molecule has 3 aromatic rings. The Morgan fingerprint density at radius 2 is 1.86 bits per heavy atom. The quantitative estimate of drug-likeness (QED) is 0.702. The molecule has 6 heteroatoms. The average molecular weight is 381 g/mol. The molecule has 2 N–H and O–H groups in total. The van der Waals surface area contributed by atoms with Crippen LogP contribution in [0, 0.1) is 11.3 Å². The molecule has 3 aromatic carbocycles. The number of amides is 1. The van der Waals surface area contributed by atoms with Gasteiger partial charge in [0.15, 0.2) is 0 Å². The number of carboxylic acid groups (broad SMARTS) is 1. The first-order valence-corrected chi connectivity index (χ1v) is 8.90. The molecule has 4 rings (SSSR count). The predicted octanol–water partition coefficient (Wildman–Crippen LogP) is 4.39. The van der Waals surface area contributed by atoms with Crippen molar-refractivity contribution in [2.24, 2.45) is 4.99 Å². The Hall–Kier alpha value is -4.24. The number of nitriles is 1. The van der Waals surface area contributed by atoms with E-state index in [4.69, 9.17) is 5.26 Å². The van der Waals surface area contributed by atoms with Crippen LogP contribution < -0.4 is 5.32 Å². The van der Waals surface area contributed by atoms with Crippen molar-refractivity contribution in [2.75, 3.05) is 5.32 Å². The average Bonchev–Trinajstić information content (AvgIpc) is 2.91. The molecule has 29 heavy (non-hydrogen) atoms. The maximum Gasteiger partial charge on any atom is 0.336 e. The number of fused-ring (bicyclic) bond motifs is 1. The molecule has 0 fully saturated rings. The summed E-state index contributed by atoms with van der Waals surface area (Å²) < 4.78 is 0. The Labute approximate surface area is 166 Å². The van der Waals surface area contributed by atoms with Gasteiger partial charge < -0.3 is 10.4 Å². The van der Waals surface area contributed by atoms with Crippen molar-refractivity contribution >= 4 is 29.0 Å². The van der Waals surface area contributed by atoms with E-state index in [0.717, 1.165) is 0 Å². The lowest BCUT2D eigenvalue weighted by Crippen LogP contribution is -2.15. The van der Waals surface area contributed by atoms with Gasteiger partial charge in [-0.05, 0) is 47.0 Å². The van der Waals surface area contributed by atoms with Crippen molar-refractivity contribution in [3.8, 4) is 17.2 Å². The molecular formula is C23H15N3O3. The van der Waals surface area contributed by atoms with E-state index in [1.54, 1.807) is 60.7 Å². The van der Waals surface area contributed by atoms with Gasteiger partial charge in [-0.1, -0.05) is 36.4 Å². The van der Waals surface area contributed by atoms with Gasteiger partial charge >= 0.3 is 5.97 Å².